The molecular weight excluding hydrogens is 296 g/mol. The van der Waals surface area contributed by atoms with Crippen molar-refractivity contribution in [3.05, 3.63) is 17.8 Å². The molecule has 23 heavy (non-hydrogen) atoms. The summed E-state index contributed by atoms with van der Waals surface area (Å²) in [6, 6.07) is 0.298. The van der Waals surface area contributed by atoms with Crippen LogP contribution in [0.2, 0.25) is 0 Å². The zero-order chi connectivity index (χ0) is 16.7. The number of hydrogen-bond acceptors (Lipinski definition) is 5. The van der Waals surface area contributed by atoms with Crippen LogP contribution >= 0.6 is 0 Å². The van der Waals surface area contributed by atoms with Gasteiger partial charge in [-0.3, -0.25) is 4.79 Å². The van der Waals surface area contributed by atoms with E-state index < -0.39 is 5.97 Å². The summed E-state index contributed by atoms with van der Waals surface area (Å²) >= 11 is 0. The summed E-state index contributed by atoms with van der Waals surface area (Å²) < 4.78 is 9.90. The smallest absolute Gasteiger partial charge is 0.360 e. The summed E-state index contributed by atoms with van der Waals surface area (Å²) in [6.07, 6.45) is 9.58. The Labute approximate surface area is 137 Å². The molecule has 1 saturated carbocycles. The number of esters is 1. The first kappa shape index (κ1) is 17.5. The number of hydrogen-bond donors (Lipinski definition) is 0. The van der Waals surface area contributed by atoms with E-state index in [9.17, 15) is 9.59 Å². The van der Waals surface area contributed by atoms with Crippen LogP contribution in [0.1, 0.15) is 74.7 Å². The summed E-state index contributed by atoms with van der Waals surface area (Å²) in [5, 5.41) is 0. The lowest BCUT2D eigenvalue weighted by Crippen LogP contribution is -2.32. The monoisotopic (exact) mass is 322 g/mol. The molecule has 1 aliphatic carbocycles. The van der Waals surface area contributed by atoms with Gasteiger partial charge in [0.25, 0.3) is 0 Å². The first-order valence-corrected chi connectivity index (χ1v) is 8.48. The van der Waals surface area contributed by atoms with Crippen LogP contribution in [0, 0.1) is 0 Å². The predicted octanol–water partition coefficient (Wildman–Crippen LogP) is 3.31. The molecule has 1 fully saturated rings. The molecule has 6 nitrogen and oxygen atoms in total. The number of nitrogens with zero attached hydrogens (tertiary/aromatic N) is 2. The zero-order valence-corrected chi connectivity index (χ0v) is 14.0. The highest BCUT2D eigenvalue weighted by Crippen LogP contribution is 2.29. The Hall–Kier alpha value is -1.85. The van der Waals surface area contributed by atoms with E-state index in [-0.39, 0.29) is 11.6 Å². The minimum Gasteiger partial charge on any atom is -0.464 e. The molecule has 0 aliphatic heterocycles. The first-order valence-electron chi connectivity index (χ1n) is 8.48. The minimum absolute atomic E-state index is 0.144. The topological polar surface area (TPSA) is 72.6 Å². The number of ether oxygens (including phenoxy) is 1. The van der Waals surface area contributed by atoms with Gasteiger partial charge < -0.3 is 14.1 Å². The van der Waals surface area contributed by atoms with Gasteiger partial charge in [-0.15, -0.1) is 0 Å². The highest BCUT2D eigenvalue weighted by Gasteiger charge is 2.33. The lowest BCUT2D eigenvalue weighted by atomic mass is 10.1. The summed E-state index contributed by atoms with van der Waals surface area (Å²) in [7, 11) is 1.30. The maximum Gasteiger partial charge on any atom is 0.360 e. The van der Waals surface area contributed by atoms with Gasteiger partial charge in [-0.25, -0.2) is 9.78 Å². The van der Waals surface area contributed by atoms with Crippen molar-refractivity contribution in [3.63, 3.8) is 0 Å². The lowest BCUT2D eigenvalue weighted by molar-refractivity contribution is -0.132. The standard InChI is InChI=1S/C17H26N2O4/c1-3-4-5-6-7-8-16(20)19(13-9-10-13)11-15-18-14(12-23-15)17(21)22-2/h12-13H,3-11H2,1-2H3. The molecule has 0 N–H and O–H groups in total. The van der Waals surface area contributed by atoms with E-state index >= 15 is 0 Å². The normalized spacial score (nSPS) is 13.8. The number of unbranched alkanes of at least 4 members (excludes halogenated alkanes) is 4. The summed E-state index contributed by atoms with van der Waals surface area (Å²) in [4.78, 5) is 29.8. The minimum atomic E-state index is -0.528. The second-order valence-electron chi connectivity index (χ2n) is 6.04. The van der Waals surface area contributed by atoms with Crippen molar-refractivity contribution in [1.82, 2.24) is 9.88 Å². The van der Waals surface area contributed by atoms with Gasteiger partial charge in [0.05, 0.1) is 13.7 Å². The van der Waals surface area contributed by atoms with Crippen molar-refractivity contribution < 1.29 is 18.7 Å². The van der Waals surface area contributed by atoms with Gasteiger partial charge in [-0.2, -0.15) is 0 Å². The van der Waals surface area contributed by atoms with Crippen LogP contribution in [0.25, 0.3) is 0 Å². The SMILES string of the molecule is CCCCCCCC(=O)N(Cc1nc(C(=O)OC)co1)C1CC1. The number of rotatable bonds is 10. The molecule has 1 amide bonds. The quantitative estimate of drug-likeness (QED) is 0.488. The molecule has 0 atom stereocenters. The van der Waals surface area contributed by atoms with E-state index in [1.54, 1.807) is 0 Å². The Morgan fingerprint density at radius 2 is 2.04 bits per heavy atom. The number of amides is 1. The van der Waals surface area contributed by atoms with E-state index in [4.69, 9.17) is 4.42 Å². The third-order valence-corrected chi connectivity index (χ3v) is 4.05. The Kier molecular flexibility index (Phi) is 6.62. The molecule has 1 heterocycles. The fourth-order valence-electron chi connectivity index (χ4n) is 2.56. The molecule has 0 spiro atoms. The van der Waals surface area contributed by atoms with Gasteiger partial charge in [0.15, 0.2) is 5.69 Å². The highest BCUT2D eigenvalue weighted by atomic mass is 16.5. The molecule has 2 rings (SSSR count). The molecule has 0 radical (unpaired) electrons. The highest BCUT2D eigenvalue weighted by molar-refractivity contribution is 5.86. The second-order valence-corrected chi connectivity index (χ2v) is 6.04. The Balaban J connectivity index is 1.85. The predicted molar refractivity (Wildman–Crippen MR) is 84.8 cm³/mol. The van der Waals surface area contributed by atoms with Crippen LogP contribution in [-0.4, -0.2) is 34.9 Å². The Morgan fingerprint density at radius 3 is 2.70 bits per heavy atom. The summed E-state index contributed by atoms with van der Waals surface area (Å²) in [5.74, 6) is 0.0127. The van der Waals surface area contributed by atoms with Gasteiger partial charge in [0.1, 0.15) is 6.26 Å². The molecule has 6 heteroatoms. The van der Waals surface area contributed by atoms with Crippen molar-refractivity contribution >= 4 is 11.9 Å². The van der Waals surface area contributed by atoms with Gasteiger partial charge >= 0.3 is 5.97 Å². The van der Waals surface area contributed by atoms with Crippen LogP contribution in [0.3, 0.4) is 0 Å². The van der Waals surface area contributed by atoms with Gasteiger partial charge in [0, 0.05) is 12.5 Å². The molecule has 1 aromatic heterocycles. The Morgan fingerprint density at radius 1 is 1.30 bits per heavy atom. The van der Waals surface area contributed by atoms with E-state index in [2.05, 4.69) is 16.6 Å². The number of carbonyl (C=O) groups is 2. The van der Waals surface area contributed by atoms with E-state index in [1.165, 1.54) is 32.6 Å². The molecular formula is C17H26N2O4. The van der Waals surface area contributed by atoms with Crippen molar-refractivity contribution in [2.45, 2.75) is 70.9 Å². The van der Waals surface area contributed by atoms with E-state index in [1.807, 2.05) is 4.90 Å². The van der Waals surface area contributed by atoms with Crippen LogP contribution in [-0.2, 0) is 16.1 Å². The Bertz CT molecular complexity index is 522. The van der Waals surface area contributed by atoms with Crippen LogP contribution < -0.4 is 0 Å². The fourth-order valence-corrected chi connectivity index (χ4v) is 2.56. The number of methoxy groups -OCH3 is 1. The average molecular weight is 322 g/mol. The van der Waals surface area contributed by atoms with Gasteiger partial charge in [0.2, 0.25) is 11.8 Å². The van der Waals surface area contributed by atoms with Crippen molar-refractivity contribution in [1.29, 1.82) is 0 Å². The average Bonchev–Trinajstić information content (AvgIpc) is 3.29. The largest absolute Gasteiger partial charge is 0.464 e. The molecule has 0 bridgehead atoms. The van der Waals surface area contributed by atoms with Crippen molar-refractivity contribution in [3.8, 4) is 0 Å². The number of aromatic nitrogens is 1. The molecule has 0 unspecified atom stereocenters. The first-order chi connectivity index (χ1) is 11.2. The van der Waals surface area contributed by atoms with Gasteiger partial charge in [-0.1, -0.05) is 32.6 Å². The second kappa shape index (κ2) is 8.70. The van der Waals surface area contributed by atoms with Crippen LogP contribution in [0.5, 0.6) is 0 Å². The molecule has 0 saturated heterocycles. The maximum absolute atomic E-state index is 12.4. The van der Waals surface area contributed by atoms with E-state index in [0.29, 0.717) is 24.9 Å². The van der Waals surface area contributed by atoms with E-state index in [0.717, 1.165) is 25.7 Å². The molecule has 128 valence electrons. The van der Waals surface area contributed by atoms with Crippen LogP contribution in [0.15, 0.2) is 10.7 Å². The summed E-state index contributed by atoms with van der Waals surface area (Å²) in [6.45, 7) is 2.51. The van der Waals surface area contributed by atoms with Gasteiger partial charge in [-0.05, 0) is 19.3 Å². The summed E-state index contributed by atoms with van der Waals surface area (Å²) in [5.41, 5.74) is 0.144. The number of oxazole rings is 1. The fraction of sp³-hybridized carbons (Fsp3) is 0.706. The third kappa shape index (κ3) is 5.37. The lowest BCUT2D eigenvalue weighted by Gasteiger charge is -2.20. The molecule has 0 aromatic carbocycles. The third-order valence-electron chi connectivity index (χ3n) is 4.05. The zero-order valence-electron chi connectivity index (χ0n) is 14.0. The van der Waals surface area contributed by atoms with Crippen molar-refractivity contribution in [2.75, 3.05) is 7.11 Å². The van der Waals surface area contributed by atoms with Crippen molar-refractivity contribution in [2.24, 2.45) is 0 Å². The molecule has 1 aromatic rings. The van der Waals surface area contributed by atoms with Crippen LogP contribution in [0.4, 0.5) is 0 Å². The number of carbonyl (C=O) groups excluding carboxylic acids is 2. The maximum atomic E-state index is 12.4. The molecule has 1 aliphatic rings.